The van der Waals surface area contributed by atoms with Gasteiger partial charge in [-0.1, -0.05) is 11.6 Å². The molecule has 7 heteroatoms. The summed E-state index contributed by atoms with van der Waals surface area (Å²) in [6, 6.07) is 11.2. The zero-order valence-electron chi connectivity index (χ0n) is 11.1. The number of halogens is 1. The molecule has 5 nitrogen and oxygen atoms in total. The van der Waals surface area contributed by atoms with Crippen LogP contribution in [0.2, 0.25) is 5.02 Å². The van der Waals surface area contributed by atoms with Crippen LogP contribution in [0, 0.1) is 6.92 Å². The largest absolute Gasteiger partial charge is 0.342 e. The molecule has 1 heterocycles. The Morgan fingerprint density at radius 2 is 1.86 bits per heavy atom. The Kier molecular flexibility index (Phi) is 3.35. The van der Waals surface area contributed by atoms with Crippen molar-refractivity contribution in [3.8, 4) is 0 Å². The lowest BCUT2D eigenvalue weighted by Gasteiger charge is -2.08. The van der Waals surface area contributed by atoms with Gasteiger partial charge in [-0.2, -0.15) is 0 Å². The van der Waals surface area contributed by atoms with E-state index in [1.54, 1.807) is 36.4 Å². The zero-order valence-corrected chi connectivity index (χ0v) is 12.7. The van der Waals surface area contributed by atoms with Gasteiger partial charge in [0.25, 0.3) is 10.0 Å². The van der Waals surface area contributed by atoms with Gasteiger partial charge >= 0.3 is 0 Å². The lowest BCUT2D eigenvalue weighted by Crippen LogP contribution is -2.12. The number of H-pyrrole nitrogens is 1. The third-order valence-corrected chi connectivity index (χ3v) is 4.61. The molecule has 0 unspecified atom stereocenters. The summed E-state index contributed by atoms with van der Waals surface area (Å²) < 4.78 is 27.2. The Labute approximate surface area is 127 Å². The van der Waals surface area contributed by atoms with E-state index in [2.05, 4.69) is 14.7 Å². The van der Waals surface area contributed by atoms with Crippen LogP contribution in [-0.4, -0.2) is 18.4 Å². The van der Waals surface area contributed by atoms with Crippen LogP contribution >= 0.6 is 11.6 Å². The van der Waals surface area contributed by atoms with Crippen molar-refractivity contribution in [2.24, 2.45) is 0 Å². The van der Waals surface area contributed by atoms with Crippen LogP contribution in [0.15, 0.2) is 47.4 Å². The third kappa shape index (κ3) is 2.86. The molecule has 0 aliphatic rings. The summed E-state index contributed by atoms with van der Waals surface area (Å²) in [7, 11) is -3.65. The van der Waals surface area contributed by atoms with Gasteiger partial charge in [0.05, 0.1) is 15.9 Å². The van der Waals surface area contributed by atoms with E-state index >= 15 is 0 Å². The maximum atomic E-state index is 12.4. The normalized spacial score (nSPS) is 11.7. The van der Waals surface area contributed by atoms with Crippen molar-refractivity contribution in [3.05, 3.63) is 53.3 Å². The number of nitrogens with one attached hydrogen (secondary N) is 2. The third-order valence-electron chi connectivity index (χ3n) is 2.98. The van der Waals surface area contributed by atoms with Gasteiger partial charge in [-0.05, 0) is 49.4 Å². The highest BCUT2D eigenvalue weighted by Gasteiger charge is 2.15. The number of imidazole rings is 1. The van der Waals surface area contributed by atoms with Gasteiger partial charge in [-0.25, -0.2) is 13.4 Å². The fourth-order valence-corrected chi connectivity index (χ4v) is 3.23. The SMILES string of the molecule is Cc1nc2ccc(S(=O)(=O)Nc3ccc(Cl)cc3)cc2[nH]1. The molecule has 3 aromatic rings. The predicted octanol–water partition coefficient (Wildman–Crippen LogP) is 3.33. The minimum atomic E-state index is -3.65. The van der Waals surface area contributed by atoms with E-state index in [1.165, 1.54) is 6.07 Å². The molecule has 0 aliphatic heterocycles. The summed E-state index contributed by atoms with van der Waals surface area (Å²) in [6.45, 7) is 1.82. The van der Waals surface area contributed by atoms with Crippen molar-refractivity contribution in [1.29, 1.82) is 0 Å². The van der Waals surface area contributed by atoms with Gasteiger partial charge in [-0.15, -0.1) is 0 Å². The van der Waals surface area contributed by atoms with Crippen LogP contribution in [0.5, 0.6) is 0 Å². The molecule has 0 amide bonds. The van der Waals surface area contributed by atoms with E-state index in [1.807, 2.05) is 6.92 Å². The number of aryl methyl sites for hydroxylation is 1. The Bertz CT molecular complexity index is 902. The number of anilines is 1. The highest BCUT2D eigenvalue weighted by atomic mass is 35.5. The molecule has 3 rings (SSSR count). The molecule has 0 atom stereocenters. The molecule has 2 N–H and O–H groups in total. The average Bonchev–Trinajstić information content (AvgIpc) is 2.80. The first kappa shape index (κ1) is 13.9. The first-order chi connectivity index (χ1) is 9.94. The highest BCUT2D eigenvalue weighted by Crippen LogP contribution is 2.21. The van der Waals surface area contributed by atoms with Crippen molar-refractivity contribution in [2.45, 2.75) is 11.8 Å². The standard InChI is InChI=1S/C14H12ClN3O2S/c1-9-16-13-7-6-12(8-14(13)17-9)21(19,20)18-11-4-2-10(15)3-5-11/h2-8,18H,1H3,(H,16,17). The number of fused-ring (bicyclic) bond motifs is 1. The van der Waals surface area contributed by atoms with Crippen molar-refractivity contribution in [2.75, 3.05) is 4.72 Å². The number of nitrogens with zero attached hydrogens (tertiary/aromatic N) is 1. The van der Waals surface area contributed by atoms with Crippen LogP contribution in [0.3, 0.4) is 0 Å². The minimum absolute atomic E-state index is 0.175. The highest BCUT2D eigenvalue weighted by molar-refractivity contribution is 7.92. The molecule has 0 saturated carbocycles. The van der Waals surface area contributed by atoms with Crippen molar-refractivity contribution in [1.82, 2.24) is 9.97 Å². The molecule has 0 bridgehead atoms. The number of sulfonamides is 1. The van der Waals surface area contributed by atoms with E-state index in [0.717, 1.165) is 11.3 Å². The summed E-state index contributed by atoms with van der Waals surface area (Å²) in [5.74, 6) is 0.741. The monoisotopic (exact) mass is 321 g/mol. The molecule has 21 heavy (non-hydrogen) atoms. The fourth-order valence-electron chi connectivity index (χ4n) is 2.02. The van der Waals surface area contributed by atoms with E-state index in [9.17, 15) is 8.42 Å². The Balaban J connectivity index is 1.97. The number of hydrogen-bond donors (Lipinski definition) is 2. The van der Waals surface area contributed by atoms with Crippen LogP contribution in [-0.2, 0) is 10.0 Å². The first-order valence-corrected chi connectivity index (χ1v) is 8.05. The van der Waals surface area contributed by atoms with Crippen molar-refractivity contribution < 1.29 is 8.42 Å². The van der Waals surface area contributed by atoms with Gasteiger partial charge in [0, 0.05) is 10.7 Å². The van der Waals surface area contributed by atoms with Gasteiger partial charge in [0.15, 0.2) is 0 Å². The van der Waals surface area contributed by atoms with E-state index in [-0.39, 0.29) is 4.90 Å². The van der Waals surface area contributed by atoms with Crippen molar-refractivity contribution >= 4 is 38.3 Å². The van der Waals surface area contributed by atoms with Gasteiger partial charge in [-0.3, -0.25) is 4.72 Å². The maximum absolute atomic E-state index is 12.4. The molecule has 1 aromatic heterocycles. The summed E-state index contributed by atoms with van der Waals surface area (Å²) in [5, 5.41) is 0.548. The minimum Gasteiger partial charge on any atom is -0.342 e. The van der Waals surface area contributed by atoms with E-state index in [4.69, 9.17) is 11.6 Å². The Morgan fingerprint density at radius 1 is 1.14 bits per heavy atom. The average molecular weight is 322 g/mol. The molecule has 0 aliphatic carbocycles. The molecular formula is C14H12ClN3O2S. The fraction of sp³-hybridized carbons (Fsp3) is 0.0714. The van der Waals surface area contributed by atoms with Crippen molar-refractivity contribution in [3.63, 3.8) is 0 Å². The predicted molar refractivity (Wildman–Crippen MR) is 83.1 cm³/mol. The topological polar surface area (TPSA) is 74.8 Å². The van der Waals surface area contributed by atoms with Crippen LogP contribution in [0.1, 0.15) is 5.82 Å². The van der Waals surface area contributed by atoms with Gasteiger partial charge < -0.3 is 4.98 Å². The molecule has 0 radical (unpaired) electrons. The molecule has 0 fully saturated rings. The number of aromatic amines is 1. The summed E-state index contributed by atoms with van der Waals surface area (Å²) >= 11 is 5.78. The lowest BCUT2D eigenvalue weighted by molar-refractivity contribution is 0.601. The number of hydrogen-bond acceptors (Lipinski definition) is 3. The first-order valence-electron chi connectivity index (χ1n) is 6.19. The molecular weight excluding hydrogens is 310 g/mol. The molecule has 2 aromatic carbocycles. The zero-order chi connectivity index (χ0) is 15.0. The summed E-state index contributed by atoms with van der Waals surface area (Å²) in [6.07, 6.45) is 0. The smallest absolute Gasteiger partial charge is 0.261 e. The maximum Gasteiger partial charge on any atom is 0.261 e. The Hall–Kier alpha value is -2.05. The number of benzene rings is 2. The quantitative estimate of drug-likeness (QED) is 0.777. The van der Waals surface area contributed by atoms with Crippen LogP contribution in [0.25, 0.3) is 11.0 Å². The Morgan fingerprint density at radius 3 is 2.57 bits per heavy atom. The van der Waals surface area contributed by atoms with E-state index in [0.29, 0.717) is 16.2 Å². The number of aromatic nitrogens is 2. The van der Waals surface area contributed by atoms with Crippen LogP contribution in [0.4, 0.5) is 5.69 Å². The van der Waals surface area contributed by atoms with Crippen LogP contribution < -0.4 is 4.72 Å². The van der Waals surface area contributed by atoms with Gasteiger partial charge in [0.2, 0.25) is 0 Å². The van der Waals surface area contributed by atoms with Gasteiger partial charge in [0.1, 0.15) is 5.82 Å². The molecule has 0 saturated heterocycles. The lowest BCUT2D eigenvalue weighted by atomic mass is 10.3. The number of rotatable bonds is 3. The molecule has 108 valence electrons. The second kappa shape index (κ2) is 5.05. The molecule has 0 spiro atoms. The second-order valence-electron chi connectivity index (χ2n) is 4.61. The summed E-state index contributed by atoms with van der Waals surface area (Å²) in [5.41, 5.74) is 1.88. The summed E-state index contributed by atoms with van der Waals surface area (Å²) in [4.78, 5) is 7.44. The van der Waals surface area contributed by atoms with E-state index < -0.39 is 10.0 Å². The second-order valence-corrected chi connectivity index (χ2v) is 6.73.